The molecular formula is C14H27N3O2S. The predicted octanol–water partition coefficient (Wildman–Crippen LogP) is 2.30. The van der Waals surface area contributed by atoms with Crippen molar-refractivity contribution < 1.29 is 9.47 Å². The molecule has 1 heterocycles. The summed E-state index contributed by atoms with van der Waals surface area (Å²) in [5.74, 6) is 0. The van der Waals surface area contributed by atoms with Gasteiger partial charge in [0.1, 0.15) is 0 Å². The number of rotatable bonds is 10. The van der Waals surface area contributed by atoms with Crippen LogP contribution in [0, 0.1) is 0 Å². The van der Waals surface area contributed by atoms with E-state index in [0.29, 0.717) is 19.3 Å². The first kappa shape index (κ1) is 17.4. The van der Waals surface area contributed by atoms with E-state index in [-0.39, 0.29) is 6.04 Å². The van der Waals surface area contributed by atoms with Gasteiger partial charge in [-0.3, -0.25) is 0 Å². The Morgan fingerprint density at radius 2 is 2.10 bits per heavy atom. The summed E-state index contributed by atoms with van der Waals surface area (Å²) in [6.07, 6.45) is 1.96. The Morgan fingerprint density at radius 3 is 2.70 bits per heavy atom. The number of hydrogen-bond acceptors (Lipinski definition) is 6. The van der Waals surface area contributed by atoms with Crippen LogP contribution in [0.3, 0.4) is 0 Å². The van der Waals surface area contributed by atoms with Gasteiger partial charge in [0, 0.05) is 37.9 Å². The molecule has 20 heavy (non-hydrogen) atoms. The van der Waals surface area contributed by atoms with Crippen LogP contribution in [0.4, 0.5) is 5.13 Å². The quantitative estimate of drug-likeness (QED) is 0.718. The normalized spacial score (nSPS) is 14.2. The summed E-state index contributed by atoms with van der Waals surface area (Å²) >= 11 is 1.73. The molecule has 116 valence electrons. The number of methoxy groups -OCH3 is 2. The molecule has 0 bridgehead atoms. The third kappa shape index (κ3) is 5.01. The molecule has 0 aromatic carbocycles. The average molecular weight is 301 g/mol. The molecule has 2 atom stereocenters. The van der Waals surface area contributed by atoms with Gasteiger partial charge in [0.15, 0.2) is 5.13 Å². The molecule has 0 aliphatic rings. The molecule has 0 saturated heterocycles. The van der Waals surface area contributed by atoms with Crippen LogP contribution in [-0.4, -0.2) is 51.5 Å². The first-order valence-electron chi connectivity index (χ1n) is 7.07. The Morgan fingerprint density at radius 1 is 1.35 bits per heavy atom. The van der Waals surface area contributed by atoms with Crippen LogP contribution in [0.5, 0.6) is 0 Å². The van der Waals surface area contributed by atoms with Crippen LogP contribution < -0.4 is 10.2 Å². The average Bonchev–Trinajstić information content (AvgIpc) is 2.89. The van der Waals surface area contributed by atoms with Crippen molar-refractivity contribution >= 4 is 16.5 Å². The molecule has 0 fully saturated rings. The number of ether oxygens (including phenoxy) is 2. The number of anilines is 1. The zero-order valence-corrected chi connectivity index (χ0v) is 14.0. The highest BCUT2D eigenvalue weighted by Gasteiger charge is 2.19. The number of nitrogens with one attached hydrogen (secondary N) is 1. The monoisotopic (exact) mass is 301 g/mol. The molecule has 1 aromatic heterocycles. The van der Waals surface area contributed by atoms with Gasteiger partial charge in [-0.15, -0.1) is 11.3 Å². The van der Waals surface area contributed by atoms with E-state index in [1.807, 2.05) is 6.20 Å². The largest absolute Gasteiger partial charge is 0.383 e. The molecular weight excluding hydrogens is 274 g/mol. The van der Waals surface area contributed by atoms with Crippen molar-refractivity contribution in [3.05, 3.63) is 11.1 Å². The lowest BCUT2D eigenvalue weighted by atomic mass is 10.3. The molecule has 5 nitrogen and oxygen atoms in total. The fourth-order valence-corrected chi connectivity index (χ4v) is 3.11. The van der Waals surface area contributed by atoms with E-state index in [1.165, 1.54) is 4.88 Å². The van der Waals surface area contributed by atoms with Crippen molar-refractivity contribution in [1.82, 2.24) is 10.3 Å². The van der Waals surface area contributed by atoms with Gasteiger partial charge in [-0.2, -0.15) is 0 Å². The van der Waals surface area contributed by atoms with Crippen LogP contribution in [0.1, 0.15) is 31.7 Å². The third-order valence-corrected chi connectivity index (χ3v) is 4.39. The molecule has 0 amide bonds. The molecule has 0 radical (unpaired) electrons. The van der Waals surface area contributed by atoms with Gasteiger partial charge in [0.25, 0.3) is 0 Å². The molecule has 6 heteroatoms. The Balaban J connectivity index is 2.79. The zero-order chi connectivity index (χ0) is 15.0. The van der Waals surface area contributed by atoms with E-state index in [4.69, 9.17) is 9.47 Å². The number of nitrogens with zero attached hydrogens (tertiary/aromatic N) is 2. The van der Waals surface area contributed by atoms with Crippen LogP contribution in [0.2, 0.25) is 0 Å². The van der Waals surface area contributed by atoms with E-state index < -0.39 is 0 Å². The highest BCUT2D eigenvalue weighted by atomic mass is 32.1. The van der Waals surface area contributed by atoms with Crippen molar-refractivity contribution in [3.63, 3.8) is 0 Å². The molecule has 2 unspecified atom stereocenters. The standard InChI is InChI=1S/C14H27N3O2S/c1-6-15-12(3)13-9-16-14(20-13)17(7-8-18-4)11(2)10-19-5/h9,11-12,15H,6-8,10H2,1-5H3. The van der Waals surface area contributed by atoms with Gasteiger partial charge < -0.3 is 19.7 Å². The molecule has 0 spiro atoms. The minimum atomic E-state index is 0.281. The lowest BCUT2D eigenvalue weighted by Crippen LogP contribution is -2.38. The lowest BCUT2D eigenvalue weighted by molar-refractivity contribution is 0.171. The first-order chi connectivity index (χ1) is 9.63. The third-order valence-electron chi connectivity index (χ3n) is 3.17. The Bertz CT molecular complexity index is 373. The van der Waals surface area contributed by atoms with Crippen molar-refractivity contribution in [2.45, 2.75) is 32.9 Å². The van der Waals surface area contributed by atoms with Crippen LogP contribution in [-0.2, 0) is 9.47 Å². The zero-order valence-electron chi connectivity index (χ0n) is 13.2. The smallest absolute Gasteiger partial charge is 0.185 e. The topological polar surface area (TPSA) is 46.6 Å². The van der Waals surface area contributed by atoms with Gasteiger partial charge in [-0.05, 0) is 20.4 Å². The van der Waals surface area contributed by atoms with Crippen molar-refractivity contribution in [3.8, 4) is 0 Å². The van der Waals surface area contributed by atoms with E-state index in [1.54, 1.807) is 25.6 Å². The number of thiazole rings is 1. The molecule has 0 saturated carbocycles. The predicted molar refractivity (Wildman–Crippen MR) is 84.8 cm³/mol. The summed E-state index contributed by atoms with van der Waals surface area (Å²) in [5.41, 5.74) is 0. The van der Waals surface area contributed by atoms with Crippen molar-refractivity contribution in [1.29, 1.82) is 0 Å². The van der Waals surface area contributed by atoms with Gasteiger partial charge in [-0.25, -0.2) is 4.98 Å². The summed E-state index contributed by atoms with van der Waals surface area (Å²) in [6.45, 7) is 9.58. The maximum atomic E-state index is 5.26. The number of aromatic nitrogens is 1. The highest BCUT2D eigenvalue weighted by Crippen LogP contribution is 2.28. The summed E-state index contributed by atoms with van der Waals surface area (Å²) < 4.78 is 10.5. The van der Waals surface area contributed by atoms with E-state index in [9.17, 15) is 0 Å². The Hall–Kier alpha value is -0.690. The second kappa shape index (κ2) is 9.28. The second-order valence-corrected chi connectivity index (χ2v) is 5.86. The van der Waals surface area contributed by atoms with Gasteiger partial charge in [0.2, 0.25) is 0 Å². The summed E-state index contributed by atoms with van der Waals surface area (Å²) in [5, 5.41) is 4.45. The summed E-state index contributed by atoms with van der Waals surface area (Å²) in [7, 11) is 3.45. The highest BCUT2D eigenvalue weighted by molar-refractivity contribution is 7.15. The van der Waals surface area contributed by atoms with E-state index in [2.05, 4.69) is 36.0 Å². The van der Waals surface area contributed by atoms with Crippen molar-refractivity contribution in [2.24, 2.45) is 0 Å². The SMILES string of the molecule is CCNC(C)c1cnc(N(CCOC)C(C)COC)s1. The fraction of sp³-hybridized carbons (Fsp3) is 0.786. The number of hydrogen-bond donors (Lipinski definition) is 1. The van der Waals surface area contributed by atoms with Crippen LogP contribution >= 0.6 is 11.3 Å². The summed E-state index contributed by atoms with van der Waals surface area (Å²) in [4.78, 5) is 8.08. The summed E-state index contributed by atoms with van der Waals surface area (Å²) in [6, 6.07) is 0.622. The fourth-order valence-electron chi connectivity index (χ4n) is 2.04. The molecule has 1 N–H and O–H groups in total. The van der Waals surface area contributed by atoms with Gasteiger partial charge in [-0.1, -0.05) is 6.92 Å². The molecule has 1 rings (SSSR count). The maximum absolute atomic E-state index is 5.26. The van der Waals surface area contributed by atoms with E-state index >= 15 is 0 Å². The minimum Gasteiger partial charge on any atom is -0.383 e. The molecule has 0 aliphatic heterocycles. The van der Waals surface area contributed by atoms with Gasteiger partial charge in [0.05, 0.1) is 19.3 Å². The van der Waals surface area contributed by atoms with Crippen molar-refractivity contribution in [2.75, 3.05) is 45.4 Å². The van der Waals surface area contributed by atoms with Gasteiger partial charge >= 0.3 is 0 Å². The second-order valence-electron chi connectivity index (χ2n) is 4.82. The lowest BCUT2D eigenvalue weighted by Gasteiger charge is -2.28. The molecule has 1 aromatic rings. The van der Waals surface area contributed by atoms with E-state index in [0.717, 1.165) is 18.2 Å². The minimum absolute atomic E-state index is 0.281. The Labute approximate surface area is 126 Å². The Kier molecular flexibility index (Phi) is 8.06. The first-order valence-corrected chi connectivity index (χ1v) is 7.89. The van der Waals surface area contributed by atoms with Crippen LogP contribution in [0.15, 0.2) is 6.20 Å². The maximum Gasteiger partial charge on any atom is 0.185 e. The molecule has 0 aliphatic carbocycles. The van der Waals surface area contributed by atoms with Crippen LogP contribution in [0.25, 0.3) is 0 Å².